The van der Waals surface area contributed by atoms with Crippen molar-refractivity contribution < 1.29 is 23.9 Å². The highest BCUT2D eigenvalue weighted by molar-refractivity contribution is 7.81. The van der Waals surface area contributed by atoms with Crippen LogP contribution in [-0.4, -0.2) is 42.8 Å². The topological polar surface area (TPSA) is 76.2 Å². The van der Waals surface area contributed by atoms with E-state index >= 15 is 0 Å². The molecule has 2 aromatic carbocycles. The van der Waals surface area contributed by atoms with Crippen molar-refractivity contribution in [1.82, 2.24) is 0 Å². The lowest BCUT2D eigenvalue weighted by molar-refractivity contribution is -0.138. The maximum atomic E-state index is 13.2. The van der Waals surface area contributed by atoms with Gasteiger partial charge in [0.25, 0.3) is 11.8 Å². The Hall–Kier alpha value is -2.97. The Morgan fingerprint density at radius 3 is 1.72 bits per heavy atom. The van der Waals surface area contributed by atoms with E-state index in [1.54, 1.807) is 48.5 Å². The second-order valence-electron chi connectivity index (χ2n) is 6.01. The summed E-state index contributed by atoms with van der Waals surface area (Å²) < 4.78 is 10.7. The summed E-state index contributed by atoms with van der Waals surface area (Å²) >= 11 is 11.2. The average molecular weight is 433 g/mol. The van der Waals surface area contributed by atoms with Crippen LogP contribution in [0.4, 0.5) is 11.4 Å². The lowest BCUT2D eigenvalue weighted by Crippen LogP contribution is -2.62. The number of benzene rings is 2. The molecule has 0 N–H and O–H groups in total. The Labute approximate surface area is 177 Å². The largest absolute Gasteiger partial charge is 0.495 e. The fourth-order valence-corrected chi connectivity index (χ4v) is 3.61. The number of methoxy groups -OCH3 is 2. The number of carbonyl (C=O) groups is 3. The molecule has 0 atom stereocenters. The Kier molecular flexibility index (Phi) is 6.14. The first-order valence-corrected chi connectivity index (χ1v) is 9.47. The Morgan fingerprint density at radius 2 is 1.34 bits per heavy atom. The first-order chi connectivity index (χ1) is 14.0. The number of Topliss-reactive ketones (excluding diaryl/α,β-unsaturated/α-hetero) is 1. The summed E-state index contributed by atoms with van der Waals surface area (Å²) in [5.74, 6) is -3.68. The molecule has 3 rings (SSSR count). The van der Waals surface area contributed by atoms with Gasteiger partial charge in [0.2, 0.25) is 0 Å². The molecule has 150 valence electrons. The second-order valence-corrected chi connectivity index (χ2v) is 6.64. The summed E-state index contributed by atoms with van der Waals surface area (Å²) in [4.78, 5) is 41.0. The van der Waals surface area contributed by atoms with Crippen LogP contribution < -0.4 is 19.3 Å². The summed E-state index contributed by atoms with van der Waals surface area (Å²) in [5.41, 5.74) is 0.620. The highest BCUT2D eigenvalue weighted by Crippen LogP contribution is 2.37. The third kappa shape index (κ3) is 3.56. The molecule has 1 aliphatic rings. The minimum absolute atomic E-state index is 0.118. The summed E-state index contributed by atoms with van der Waals surface area (Å²) in [6.07, 6.45) is 0. The van der Waals surface area contributed by atoms with Gasteiger partial charge in [0.15, 0.2) is 16.8 Å². The normalized spacial score (nSPS) is 14.9. The van der Waals surface area contributed by atoms with Crippen LogP contribution in [0.2, 0.25) is 0 Å². The van der Waals surface area contributed by atoms with Crippen LogP contribution in [0, 0.1) is 5.92 Å². The van der Waals surface area contributed by atoms with Crippen molar-refractivity contribution in [3.63, 3.8) is 0 Å². The van der Waals surface area contributed by atoms with Crippen molar-refractivity contribution >= 4 is 57.9 Å². The van der Waals surface area contributed by atoms with E-state index in [2.05, 4.69) is 0 Å². The molecule has 1 heterocycles. The number of thiocarbonyl (C=S) groups is 1. The zero-order valence-electron chi connectivity index (χ0n) is 15.6. The lowest BCUT2D eigenvalue weighted by Gasteiger charge is -2.39. The van der Waals surface area contributed by atoms with Crippen LogP contribution in [0.25, 0.3) is 0 Å². The predicted octanol–water partition coefficient (Wildman–Crippen LogP) is 2.79. The minimum atomic E-state index is -1.63. The molecule has 0 radical (unpaired) electrons. The molecule has 0 aromatic heterocycles. The van der Waals surface area contributed by atoms with Crippen LogP contribution in [0.3, 0.4) is 0 Å². The monoisotopic (exact) mass is 432 g/mol. The molecule has 2 amide bonds. The van der Waals surface area contributed by atoms with E-state index in [0.717, 1.165) is 9.80 Å². The van der Waals surface area contributed by atoms with Gasteiger partial charge in [0.1, 0.15) is 11.5 Å². The standard InChI is InChI=1S/C20H17ClN2O5S/c1-27-15-9-5-3-7-12(15)22-18(25)17(14(24)11-21)19(26)23(20(22)29)13-8-4-6-10-16(13)28-2/h3-10,17H,11H2,1-2H3. The zero-order chi connectivity index (χ0) is 21.1. The number of ether oxygens (including phenoxy) is 2. The van der Waals surface area contributed by atoms with Gasteiger partial charge in [0, 0.05) is 0 Å². The molecule has 0 unspecified atom stereocenters. The Morgan fingerprint density at radius 1 is 0.931 bits per heavy atom. The molecule has 0 aliphatic carbocycles. The van der Waals surface area contributed by atoms with E-state index in [9.17, 15) is 14.4 Å². The van der Waals surface area contributed by atoms with E-state index in [0.29, 0.717) is 22.9 Å². The molecule has 29 heavy (non-hydrogen) atoms. The molecule has 1 saturated heterocycles. The van der Waals surface area contributed by atoms with Crippen molar-refractivity contribution in [2.24, 2.45) is 5.92 Å². The summed E-state index contributed by atoms with van der Waals surface area (Å²) in [7, 11) is 2.89. The molecule has 7 nitrogen and oxygen atoms in total. The number of nitrogens with zero attached hydrogens (tertiary/aromatic N) is 2. The van der Waals surface area contributed by atoms with Crippen molar-refractivity contribution in [1.29, 1.82) is 0 Å². The van der Waals surface area contributed by atoms with Gasteiger partial charge in [-0.3, -0.25) is 24.2 Å². The molecule has 2 aromatic rings. The van der Waals surface area contributed by atoms with E-state index in [1.807, 2.05) is 0 Å². The maximum absolute atomic E-state index is 13.2. The van der Waals surface area contributed by atoms with E-state index in [4.69, 9.17) is 33.3 Å². The van der Waals surface area contributed by atoms with Crippen molar-refractivity contribution in [2.75, 3.05) is 29.9 Å². The number of amides is 2. The van der Waals surface area contributed by atoms with Gasteiger partial charge < -0.3 is 9.47 Å². The van der Waals surface area contributed by atoms with Gasteiger partial charge in [0.05, 0.1) is 31.5 Å². The van der Waals surface area contributed by atoms with Crippen LogP contribution in [-0.2, 0) is 14.4 Å². The fourth-order valence-electron chi connectivity index (χ4n) is 3.08. The molecule has 0 bridgehead atoms. The third-order valence-electron chi connectivity index (χ3n) is 4.42. The number of halogens is 1. The van der Waals surface area contributed by atoms with Gasteiger partial charge in [-0.2, -0.15) is 0 Å². The molecular weight excluding hydrogens is 416 g/mol. The highest BCUT2D eigenvalue weighted by Gasteiger charge is 2.49. The quantitative estimate of drug-likeness (QED) is 0.397. The minimum Gasteiger partial charge on any atom is -0.495 e. The third-order valence-corrected chi connectivity index (χ3v) is 5.05. The van der Waals surface area contributed by atoms with Crippen LogP contribution in [0.5, 0.6) is 11.5 Å². The van der Waals surface area contributed by atoms with Crippen LogP contribution >= 0.6 is 23.8 Å². The van der Waals surface area contributed by atoms with E-state index in [-0.39, 0.29) is 5.11 Å². The van der Waals surface area contributed by atoms with Gasteiger partial charge in [-0.25, -0.2) is 0 Å². The number of carbonyl (C=O) groups excluding carboxylic acids is 3. The number of para-hydroxylation sites is 4. The Balaban J connectivity index is 2.22. The molecular formula is C20H17ClN2O5S. The molecule has 1 fully saturated rings. The zero-order valence-corrected chi connectivity index (χ0v) is 17.2. The van der Waals surface area contributed by atoms with Gasteiger partial charge in [-0.1, -0.05) is 24.3 Å². The first kappa shape index (κ1) is 20.8. The molecule has 1 aliphatic heterocycles. The fraction of sp³-hybridized carbons (Fsp3) is 0.200. The molecule has 0 saturated carbocycles. The summed E-state index contributed by atoms with van der Waals surface area (Å²) in [6, 6.07) is 13.4. The van der Waals surface area contributed by atoms with E-state index < -0.39 is 29.4 Å². The highest BCUT2D eigenvalue weighted by atomic mass is 35.5. The average Bonchev–Trinajstić information content (AvgIpc) is 2.74. The SMILES string of the molecule is COc1ccccc1N1C(=O)C(C(=O)CCl)C(=O)N(c2ccccc2OC)C1=S. The van der Waals surface area contributed by atoms with Gasteiger partial charge in [-0.15, -0.1) is 11.6 Å². The number of anilines is 2. The van der Waals surface area contributed by atoms with Gasteiger partial charge in [-0.05, 0) is 36.5 Å². The molecule has 0 spiro atoms. The number of ketones is 1. The maximum Gasteiger partial charge on any atom is 0.253 e. The number of hydrogen-bond donors (Lipinski definition) is 0. The molecule has 9 heteroatoms. The van der Waals surface area contributed by atoms with Crippen LogP contribution in [0.1, 0.15) is 0 Å². The number of rotatable bonds is 6. The summed E-state index contributed by atoms with van der Waals surface area (Å²) in [6.45, 7) is 0. The predicted molar refractivity (Wildman–Crippen MR) is 113 cm³/mol. The number of alkyl halides is 1. The van der Waals surface area contributed by atoms with Crippen molar-refractivity contribution in [3.05, 3.63) is 48.5 Å². The number of hydrogen-bond acceptors (Lipinski definition) is 6. The van der Waals surface area contributed by atoms with Crippen molar-refractivity contribution in [3.8, 4) is 11.5 Å². The first-order valence-electron chi connectivity index (χ1n) is 8.52. The Bertz CT molecular complexity index is 927. The van der Waals surface area contributed by atoms with E-state index in [1.165, 1.54) is 14.2 Å². The lowest BCUT2D eigenvalue weighted by atomic mass is 9.98. The second kappa shape index (κ2) is 8.59. The van der Waals surface area contributed by atoms with Crippen LogP contribution in [0.15, 0.2) is 48.5 Å². The smallest absolute Gasteiger partial charge is 0.253 e. The van der Waals surface area contributed by atoms with Crippen molar-refractivity contribution in [2.45, 2.75) is 0 Å². The van der Waals surface area contributed by atoms with Gasteiger partial charge >= 0.3 is 0 Å². The summed E-state index contributed by atoms with van der Waals surface area (Å²) in [5, 5.41) is -0.118.